The molecule has 1 aliphatic heterocycles. The molecule has 2 aliphatic rings. The van der Waals surface area contributed by atoms with Gasteiger partial charge in [-0.1, -0.05) is 12.1 Å². The Kier molecular flexibility index (Phi) is 9.59. The molecule has 0 unspecified atom stereocenters. The summed E-state index contributed by atoms with van der Waals surface area (Å²) in [5.41, 5.74) is 1.70. The maximum absolute atomic E-state index is 13.4. The van der Waals surface area contributed by atoms with Gasteiger partial charge in [0.15, 0.2) is 17.5 Å². The van der Waals surface area contributed by atoms with Crippen molar-refractivity contribution in [1.82, 2.24) is 10.6 Å². The van der Waals surface area contributed by atoms with Gasteiger partial charge in [0.05, 0.1) is 13.2 Å². The number of ether oxygens (including phenoxy) is 2. The Balaban J connectivity index is 0.00000306. The van der Waals surface area contributed by atoms with Crippen LogP contribution in [0.25, 0.3) is 0 Å². The number of carbonyl (C=O) groups is 1. The Morgan fingerprint density at radius 1 is 1.03 bits per heavy atom. The smallest absolute Gasteiger partial charge is 0.223 e. The number of carbonyl (C=O) groups excluding carboxylic acids is 1. The number of fused-ring (bicyclic) bond motifs is 1. The quantitative estimate of drug-likeness (QED) is 0.196. The van der Waals surface area contributed by atoms with Crippen molar-refractivity contribution in [3.05, 3.63) is 53.8 Å². The van der Waals surface area contributed by atoms with E-state index in [0.717, 1.165) is 36.3 Å². The highest BCUT2D eigenvalue weighted by atomic mass is 127. The van der Waals surface area contributed by atoms with Gasteiger partial charge in [-0.05, 0) is 49.1 Å². The first-order valence-corrected chi connectivity index (χ1v) is 11.1. The molecule has 0 radical (unpaired) electrons. The Labute approximate surface area is 210 Å². The highest BCUT2D eigenvalue weighted by molar-refractivity contribution is 14.0. The maximum atomic E-state index is 13.4. The molecule has 3 N–H and O–H groups in total. The van der Waals surface area contributed by atoms with E-state index in [1.165, 1.54) is 12.1 Å². The molecule has 0 aromatic heterocycles. The van der Waals surface area contributed by atoms with Gasteiger partial charge < -0.3 is 25.4 Å². The highest BCUT2D eigenvalue weighted by Crippen LogP contribution is 2.32. The van der Waals surface area contributed by atoms with E-state index in [0.29, 0.717) is 51.0 Å². The van der Waals surface area contributed by atoms with Crippen LogP contribution in [0, 0.1) is 11.7 Å². The molecular formula is C24H30FIN4O3. The molecule has 0 spiro atoms. The first-order valence-electron chi connectivity index (χ1n) is 11.1. The van der Waals surface area contributed by atoms with Crippen LogP contribution >= 0.6 is 24.0 Å². The SMILES string of the molecule is I.O=C(NCCNC(=NCCc1cccc(F)c1)Nc1ccc2c(c1)OCCCO2)C1CC1. The molecule has 2 aromatic carbocycles. The van der Waals surface area contributed by atoms with E-state index < -0.39 is 0 Å². The van der Waals surface area contributed by atoms with Crippen LogP contribution in [-0.2, 0) is 11.2 Å². The number of benzene rings is 2. The number of guanidine groups is 1. The molecule has 1 heterocycles. The van der Waals surface area contributed by atoms with Gasteiger partial charge in [0.1, 0.15) is 5.82 Å². The molecule has 33 heavy (non-hydrogen) atoms. The molecule has 7 nitrogen and oxygen atoms in total. The van der Waals surface area contributed by atoms with E-state index in [2.05, 4.69) is 20.9 Å². The second-order valence-corrected chi connectivity index (χ2v) is 7.94. The second-order valence-electron chi connectivity index (χ2n) is 7.94. The fourth-order valence-corrected chi connectivity index (χ4v) is 3.36. The maximum Gasteiger partial charge on any atom is 0.223 e. The highest BCUT2D eigenvalue weighted by Gasteiger charge is 2.28. The molecule has 0 bridgehead atoms. The van der Waals surface area contributed by atoms with Crippen molar-refractivity contribution in [3.63, 3.8) is 0 Å². The number of halogens is 2. The number of hydrogen-bond donors (Lipinski definition) is 3. The second kappa shape index (κ2) is 12.6. The van der Waals surface area contributed by atoms with E-state index in [1.807, 2.05) is 24.3 Å². The van der Waals surface area contributed by atoms with Crippen LogP contribution in [0.15, 0.2) is 47.5 Å². The summed E-state index contributed by atoms with van der Waals surface area (Å²) in [6, 6.07) is 12.2. The number of rotatable bonds is 8. The van der Waals surface area contributed by atoms with Crippen LogP contribution in [-0.4, -0.2) is 44.7 Å². The number of nitrogens with zero attached hydrogens (tertiary/aromatic N) is 1. The minimum absolute atomic E-state index is 0. The van der Waals surface area contributed by atoms with E-state index in [-0.39, 0.29) is 41.6 Å². The molecular weight excluding hydrogens is 538 g/mol. The van der Waals surface area contributed by atoms with Gasteiger partial charge in [-0.15, -0.1) is 24.0 Å². The lowest BCUT2D eigenvalue weighted by Crippen LogP contribution is -2.38. The third-order valence-corrected chi connectivity index (χ3v) is 5.23. The van der Waals surface area contributed by atoms with E-state index >= 15 is 0 Å². The molecule has 1 aliphatic carbocycles. The van der Waals surface area contributed by atoms with Crippen LogP contribution in [0.1, 0.15) is 24.8 Å². The van der Waals surface area contributed by atoms with Gasteiger partial charge in [0, 0.05) is 43.7 Å². The van der Waals surface area contributed by atoms with Crippen molar-refractivity contribution in [2.24, 2.45) is 10.9 Å². The van der Waals surface area contributed by atoms with Crippen molar-refractivity contribution in [3.8, 4) is 11.5 Å². The molecule has 1 fully saturated rings. The molecule has 0 saturated heterocycles. The van der Waals surface area contributed by atoms with Crippen molar-refractivity contribution in [2.45, 2.75) is 25.7 Å². The zero-order valence-electron chi connectivity index (χ0n) is 18.4. The first-order chi connectivity index (χ1) is 15.7. The van der Waals surface area contributed by atoms with Gasteiger partial charge in [-0.25, -0.2) is 4.39 Å². The van der Waals surface area contributed by atoms with Crippen LogP contribution in [0.4, 0.5) is 10.1 Å². The lowest BCUT2D eigenvalue weighted by molar-refractivity contribution is -0.122. The van der Waals surface area contributed by atoms with Crippen molar-refractivity contribution in [1.29, 1.82) is 0 Å². The standard InChI is InChI=1S/C24H29FN4O3.HI/c25-19-4-1-3-17(15-19)9-10-27-24(28-12-11-26-23(30)18-5-6-18)29-20-7-8-21-22(16-20)32-14-2-13-31-21;/h1,3-4,7-8,15-16,18H,2,5-6,9-14H2,(H,26,30)(H2,27,28,29);1H. The minimum atomic E-state index is -0.249. The molecule has 1 saturated carbocycles. The Bertz CT molecular complexity index is 968. The normalized spacial score (nSPS) is 15.1. The molecule has 0 atom stereocenters. The average molecular weight is 568 g/mol. The van der Waals surface area contributed by atoms with Crippen molar-refractivity contribution >= 4 is 41.5 Å². The number of amides is 1. The molecule has 9 heteroatoms. The predicted octanol–water partition coefficient (Wildman–Crippen LogP) is 3.73. The predicted molar refractivity (Wildman–Crippen MR) is 137 cm³/mol. The van der Waals surface area contributed by atoms with Crippen LogP contribution in [0.3, 0.4) is 0 Å². The fourth-order valence-electron chi connectivity index (χ4n) is 3.36. The first kappa shape index (κ1) is 25.1. The number of nitrogens with one attached hydrogen (secondary N) is 3. The van der Waals surface area contributed by atoms with Crippen molar-refractivity contribution < 1.29 is 18.7 Å². The van der Waals surface area contributed by atoms with Gasteiger partial charge in [-0.2, -0.15) is 0 Å². The summed E-state index contributed by atoms with van der Waals surface area (Å²) in [4.78, 5) is 16.4. The Hall–Kier alpha value is -2.56. The Morgan fingerprint density at radius 2 is 1.82 bits per heavy atom. The summed E-state index contributed by atoms with van der Waals surface area (Å²) in [5.74, 6) is 2.07. The number of hydrogen-bond acceptors (Lipinski definition) is 4. The third kappa shape index (κ3) is 8.06. The van der Waals surface area contributed by atoms with Crippen LogP contribution in [0.2, 0.25) is 0 Å². The lowest BCUT2D eigenvalue weighted by Gasteiger charge is -2.15. The molecule has 1 amide bonds. The zero-order valence-corrected chi connectivity index (χ0v) is 20.8. The van der Waals surface area contributed by atoms with Gasteiger partial charge in [0.25, 0.3) is 0 Å². The zero-order chi connectivity index (χ0) is 22.2. The summed E-state index contributed by atoms with van der Waals surface area (Å²) >= 11 is 0. The summed E-state index contributed by atoms with van der Waals surface area (Å²) in [6.07, 6.45) is 3.43. The number of aliphatic imine (C=N–C) groups is 1. The minimum Gasteiger partial charge on any atom is -0.490 e. The van der Waals surface area contributed by atoms with E-state index in [9.17, 15) is 9.18 Å². The van der Waals surface area contributed by atoms with Gasteiger partial charge in [-0.3, -0.25) is 9.79 Å². The average Bonchev–Trinajstić information content (AvgIpc) is 3.64. The van der Waals surface area contributed by atoms with E-state index in [4.69, 9.17) is 9.47 Å². The molecule has 178 valence electrons. The lowest BCUT2D eigenvalue weighted by atomic mass is 10.1. The topological polar surface area (TPSA) is 84.0 Å². The fraction of sp³-hybridized carbons (Fsp3) is 0.417. The Morgan fingerprint density at radius 3 is 2.61 bits per heavy atom. The van der Waals surface area contributed by atoms with Crippen molar-refractivity contribution in [2.75, 3.05) is 38.2 Å². The molecule has 4 rings (SSSR count). The van der Waals surface area contributed by atoms with Crippen LogP contribution < -0.4 is 25.4 Å². The third-order valence-electron chi connectivity index (χ3n) is 5.23. The summed E-state index contributed by atoms with van der Waals surface area (Å²) in [5, 5.41) is 9.48. The molecule has 2 aromatic rings. The van der Waals surface area contributed by atoms with Gasteiger partial charge in [0.2, 0.25) is 5.91 Å². The summed E-state index contributed by atoms with van der Waals surface area (Å²) < 4.78 is 24.9. The summed E-state index contributed by atoms with van der Waals surface area (Å²) in [7, 11) is 0. The number of anilines is 1. The summed E-state index contributed by atoms with van der Waals surface area (Å²) in [6.45, 7) is 2.79. The van der Waals surface area contributed by atoms with Gasteiger partial charge >= 0.3 is 0 Å². The van der Waals surface area contributed by atoms with Crippen LogP contribution in [0.5, 0.6) is 11.5 Å². The monoisotopic (exact) mass is 568 g/mol. The van der Waals surface area contributed by atoms with E-state index in [1.54, 1.807) is 6.07 Å². The largest absolute Gasteiger partial charge is 0.490 e.